The molecular formula is C8H16Se. The van der Waals surface area contributed by atoms with Gasteiger partial charge >= 0.3 is 64.4 Å². The predicted molar refractivity (Wildman–Crippen MR) is 45.1 cm³/mol. The van der Waals surface area contributed by atoms with E-state index in [0.717, 1.165) is 19.8 Å². The van der Waals surface area contributed by atoms with Gasteiger partial charge in [0.05, 0.1) is 0 Å². The molecule has 0 atom stereocenters. The molecule has 54 valence electrons. The molecule has 0 heterocycles. The summed E-state index contributed by atoms with van der Waals surface area (Å²) in [5.74, 6) is 0. The van der Waals surface area contributed by atoms with E-state index in [4.69, 9.17) is 0 Å². The van der Waals surface area contributed by atoms with Crippen molar-refractivity contribution in [1.29, 1.82) is 0 Å². The van der Waals surface area contributed by atoms with Crippen LogP contribution in [0.4, 0.5) is 0 Å². The summed E-state index contributed by atoms with van der Waals surface area (Å²) in [6.07, 6.45) is 4.56. The molecule has 0 aliphatic carbocycles. The molecule has 0 aromatic heterocycles. The van der Waals surface area contributed by atoms with Crippen molar-refractivity contribution in [2.75, 3.05) is 0 Å². The van der Waals surface area contributed by atoms with Crippen molar-refractivity contribution in [3.05, 3.63) is 12.7 Å². The minimum atomic E-state index is 0.878. The van der Waals surface area contributed by atoms with Crippen LogP contribution in [0.5, 0.6) is 0 Å². The van der Waals surface area contributed by atoms with Gasteiger partial charge in [-0.25, -0.2) is 0 Å². The third-order valence-corrected chi connectivity index (χ3v) is 3.50. The normalized spacial score (nSPS) is 10.1. The zero-order valence-electron chi connectivity index (χ0n) is 6.39. The quantitative estimate of drug-likeness (QED) is 0.356. The Balaban J connectivity index is 2.82. The molecule has 0 unspecified atom stereocenters. The van der Waals surface area contributed by atoms with Crippen LogP contribution in [0.3, 0.4) is 0 Å². The van der Waals surface area contributed by atoms with Crippen LogP contribution in [0.2, 0.25) is 10.1 Å². The fourth-order valence-corrected chi connectivity index (χ4v) is 2.24. The van der Waals surface area contributed by atoms with Crippen LogP contribution in [0.25, 0.3) is 0 Å². The number of unbranched alkanes of at least 4 members (excludes halogenated alkanes) is 1. The zero-order valence-corrected chi connectivity index (χ0v) is 8.10. The molecular weight excluding hydrogens is 175 g/mol. The summed E-state index contributed by atoms with van der Waals surface area (Å²) >= 11 is 0.878. The molecule has 0 bridgehead atoms. The summed E-state index contributed by atoms with van der Waals surface area (Å²) in [5.41, 5.74) is 0. The topological polar surface area (TPSA) is 0 Å². The van der Waals surface area contributed by atoms with Gasteiger partial charge in [0, 0.05) is 0 Å². The molecule has 0 rings (SSSR count). The van der Waals surface area contributed by atoms with Gasteiger partial charge in [-0.3, -0.25) is 0 Å². The van der Waals surface area contributed by atoms with Crippen molar-refractivity contribution >= 4 is 15.0 Å². The molecule has 0 spiro atoms. The molecule has 0 aromatic rings. The second-order valence-electron chi connectivity index (χ2n) is 2.35. The molecule has 0 N–H and O–H groups in total. The Labute approximate surface area is 64.9 Å². The van der Waals surface area contributed by atoms with Crippen LogP contribution in [0.15, 0.2) is 12.7 Å². The summed E-state index contributed by atoms with van der Waals surface area (Å²) in [5, 5.41) is 1.43. The van der Waals surface area contributed by atoms with Gasteiger partial charge in [0.15, 0.2) is 0 Å². The standard InChI is InChI=1S/C8H16Se/c1-4-5-6-7-9-8(2)3/h4,8H,1,5-7H2,2-3H3. The number of hydrogen-bond donors (Lipinski definition) is 0. The Hall–Kier alpha value is 0.259. The molecule has 0 nitrogen and oxygen atoms in total. The second kappa shape index (κ2) is 6.38. The third-order valence-electron chi connectivity index (χ3n) is 1.00. The van der Waals surface area contributed by atoms with Crippen LogP contribution in [0.1, 0.15) is 26.7 Å². The van der Waals surface area contributed by atoms with Crippen LogP contribution < -0.4 is 0 Å². The van der Waals surface area contributed by atoms with E-state index in [0.29, 0.717) is 0 Å². The first-order valence-corrected chi connectivity index (χ1v) is 5.70. The SMILES string of the molecule is C=CCCC[Se]C(C)C. The van der Waals surface area contributed by atoms with Gasteiger partial charge in [0.2, 0.25) is 0 Å². The summed E-state index contributed by atoms with van der Waals surface area (Å²) in [4.78, 5) is 0.933. The van der Waals surface area contributed by atoms with Crippen molar-refractivity contribution in [3.63, 3.8) is 0 Å². The predicted octanol–water partition coefficient (Wildman–Crippen LogP) is 2.90. The minimum absolute atomic E-state index is 0.878. The van der Waals surface area contributed by atoms with Gasteiger partial charge < -0.3 is 0 Å². The van der Waals surface area contributed by atoms with Crippen molar-refractivity contribution in [1.82, 2.24) is 0 Å². The molecule has 0 aliphatic rings. The third kappa shape index (κ3) is 8.26. The Morgan fingerprint density at radius 3 is 2.67 bits per heavy atom. The van der Waals surface area contributed by atoms with Gasteiger partial charge in [0.25, 0.3) is 0 Å². The summed E-state index contributed by atoms with van der Waals surface area (Å²) in [7, 11) is 0. The molecule has 0 fully saturated rings. The first-order valence-electron chi connectivity index (χ1n) is 3.50. The maximum atomic E-state index is 3.68. The van der Waals surface area contributed by atoms with Gasteiger partial charge in [0.1, 0.15) is 0 Å². The molecule has 0 aromatic carbocycles. The number of rotatable bonds is 5. The monoisotopic (exact) mass is 192 g/mol. The van der Waals surface area contributed by atoms with Crippen LogP contribution in [-0.2, 0) is 0 Å². The maximum absolute atomic E-state index is 3.68. The van der Waals surface area contributed by atoms with E-state index in [1.54, 1.807) is 0 Å². The van der Waals surface area contributed by atoms with E-state index < -0.39 is 0 Å². The zero-order chi connectivity index (χ0) is 7.11. The molecule has 9 heavy (non-hydrogen) atoms. The Kier molecular flexibility index (Phi) is 6.56. The summed E-state index contributed by atoms with van der Waals surface area (Å²) < 4.78 is 0. The Bertz CT molecular complexity index is 67.0. The van der Waals surface area contributed by atoms with E-state index in [9.17, 15) is 0 Å². The van der Waals surface area contributed by atoms with E-state index in [1.807, 2.05) is 6.08 Å². The summed E-state index contributed by atoms with van der Waals surface area (Å²) in [6.45, 7) is 8.28. The van der Waals surface area contributed by atoms with E-state index in [2.05, 4.69) is 20.4 Å². The van der Waals surface area contributed by atoms with Crippen LogP contribution in [-0.4, -0.2) is 15.0 Å². The van der Waals surface area contributed by atoms with Crippen molar-refractivity contribution < 1.29 is 0 Å². The van der Waals surface area contributed by atoms with Crippen LogP contribution in [0, 0.1) is 0 Å². The number of allylic oxidation sites excluding steroid dienone is 1. The fourth-order valence-electron chi connectivity index (χ4n) is 0.547. The van der Waals surface area contributed by atoms with Crippen LogP contribution >= 0.6 is 0 Å². The first-order chi connectivity index (χ1) is 4.27. The molecule has 0 radical (unpaired) electrons. The fraction of sp³-hybridized carbons (Fsp3) is 0.750. The van der Waals surface area contributed by atoms with Gasteiger partial charge in [-0.15, -0.1) is 0 Å². The van der Waals surface area contributed by atoms with Gasteiger partial charge in [-0.1, -0.05) is 0 Å². The van der Waals surface area contributed by atoms with E-state index in [1.165, 1.54) is 18.2 Å². The number of hydrogen-bond acceptors (Lipinski definition) is 0. The second-order valence-corrected chi connectivity index (χ2v) is 5.88. The van der Waals surface area contributed by atoms with Gasteiger partial charge in [-0.2, -0.15) is 0 Å². The van der Waals surface area contributed by atoms with E-state index in [-0.39, 0.29) is 0 Å². The van der Waals surface area contributed by atoms with Crippen molar-refractivity contribution in [2.45, 2.75) is 36.8 Å². The Morgan fingerprint density at radius 2 is 2.22 bits per heavy atom. The van der Waals surface area contributed by atoms with Gasteiger partial charge in [-0.05, 0) is 0 Å². The van der Waals surface area contributed by atoms with Crippen molar-refractivity contribution in [2.24, 2.45) is 0 Å². The summed E-state index contributed by atoms with van der Waals surface area (Å²) in [6, 6.07) is 0. The molecule has 0 amide bonds. The average Bonchev–Trinajstić information content (AvgIpc) is 1.80. The molecule has 0 saturated carbocycles. The van der Waals surface area contributed by atoms with E-state index >= 15 is 0 Å². The first kappa shape index (κ1) is 9.26. The molecule has 0 saturated heterocycles. The molecule has 0 aliphatic heterocycles. The van der Waals surface area contributed by atoms with Crippen molar-refractivity contribution in [3.8, 4) is 0 Å². The molecule has 1 heteroatoms. The average molecular weight is 191 g/mol. The Morgan fingerprint density at radius 1 is 1.56 bits per heavy atom.